The van der Waals surface area contributed by atoms with Gasteiger partial charge in [-0.25, -0.2) is 4.79 Å². The number of rotatable bonds is 3. The third-order valence-corrected chi connectivity index (χ3v) is 4.18. The molecule has 2 amide bonds. The highest BCUT2D eigenvalue weighted by Crippen LogP contribution is 2.24. The average Bonchev–Trinajstić information content (AvgIpc) is 2.96. The van der Waals surface area contributed by atoms with Crippen LogP contribution >= 0.6 is 0 Å². The van der Waals surface area contributed by atoms with Crippen LogP contribution in [0.2, 0.25) is 0 Å². The monoisotopic (exact) mass is 299 g/mol. The van der Waals surface area contributed by atoms with E-state index < -0.39 is 0 Å². The summed E-state index contributed by atoms with van der Waals surface area (Å²) in [6, 6.07) is 10.4. The van der Waals surface area contributed by atoms with E-state index in [1.54, 1.807) is 0 Å². The van der Waals surface area contributed by atoms with Crippen molar-refractivity contribution >= 4 is 6.03 Å². The molecule has 1 N–H and O–H groups in total. The summed E-state index contributed by atoms with van der Waals surface area (Å²) >= 11 is 0. The summed E-state index contributed by atoms with van der Waals surface area (Å²) in [5.41, 5.74) is 3.41. The number of aromatic nitrogens is 1. The second kappa shape index (κ2) is 6.22. The zero-order valence-corrected chi connectivity index (χ0v) is 13.0. The highest BCUT2D eigenvalue weighted by Gasteiger charge is 2.28. The molecule has 1 atom stereocenters. The molecular formula is C17H21N3O2. The molecule has 0 saturated heterocycles. The number of hydrogen-bond donors (Lipinski definition) is 1. The lowest BCUT2D eigenvalue weighted by atomic mass is 9.93. The molecular weight excluding hydrogens is 278 g/mol. The van der Waals surface area contributed by atoms with E-state index in [2.05, 4.69) is 35.6 Å². The predicted molar refractivity (Wildman–Crippen MR) is 83.2 cm³/mol. The number of benzene rings is 1. The van der Waals surface area contributed by atoms with Crippen LogP contribution in [-0.2, 0) is 19.5 Å². The fourth-order valence-corrected chi connectivity index (χ4v) is 2.95. The quantitative estimate of drug-likeness (QED) is 0.947. The summed E-state index contributed by atoms with van der Waals surface area (Å²) in [4.78, 5) is 14.4. The van der Waals surface area contributed by atoms with Crippen molar-refractivity contribution in [3.63, 3.8) is 0 Å². The molecule has 1 aromatic heterocycles. The van der Waals surface area contributed by atoms with E-state index in [0.717, 1.165) is 18.5 Å². The first kappa shape index (κ1) is 14.6. The highest BCUT2D eigenvalue weighted by atomic mass is 16.5. The Labute approximate surface area is 130 Å². The summed E-state index contributed by atoms with van der Waals surface area (Å²) in [7, 11) is 0. The van der Waals surface area contributed by atoms with Gasteiger partial charge in [0.1, 0.15) is 0 Å². The van der Waals surface area contributed by atoms with Gasteiger partial charge in [-0.05, 0) is 30.9 Å². The number of amides is 2. The van der Waals surface area contributed by atoms with Gasteiger partial charge in [0.2, 0.25) is 0 Å². The first-order valence-electron chi connectivity index (χ1n) is 7.70. The predicted octanol–water partition coefficient (Wildman–Crippen LogP) is 3.03. The van der Waals surface area contributed by atoms with E-state index in [-0.39, 0.29) is 12.1 Å². The summed E-state index contributed by atoms with van der Waals surface area (Å²) in [6.45, 7) is 5.02. The number of fused-ring (bicyclic) bond motifs is 1. The van der Waals surface area contributed by atoms with Gasteiger partial charge in [0.05, 0.1) is 12.2 Å². The highest BCUT2D eigenvalue weighted by molar-refractivity contribution is 5.75. The zero-order chi connectivity index (χ0) is 15.5. The average molecular weight is 299 g/mol. The molecule has 1 aliphatic heterocycles. The van der Waals surface area contributed by atoms with Crippen LogP contribution in [0.3, 0.4) is 0 Å². The van der Waals surface area contributed by atoms with Crippen LogP contribution in [0.15, 0.2) is 34.9 Å². The Morgan fingerprint density at radius 1 is 1.41 bits per heavy atom. The smallest absolute Gasteiger partial charge is 0.318 e. The Balaban J connectivity index is 1.68. The summed E-state index contributed by atoms with van der Waals surface area (Å²) < 4.78 is 5.13. The van der Waals surface area contributed by atoms with Gasteiger partial charge in [0.15, 0.2) is 5.76 Å². The number of carbonyl (C=O) groups excluding carboxylic acids is 1. The number of hydrogen-bond acceptors (Lipinski definition) is 3. The third kappa shape index (κ3) is 2.98. The van der Waals surface area contributed by atoms with Gasteiger partial charge in [-0.2, -0.15) is 0 Å². The van der Waals surface area contributed by atoms with E-state index in [1.165, 1.54) is 11.1 Å². The van der Waals surface area contributed by atoms with Crippen molar-refractivity contribution in [2.24, 2.45) is 0 Å². The summed E-state index contributed by atoms with van der Waals surface area (Å²) in [5, 5.41) is 6.76. The number of urea groups is 1. The Bertz CT molecular complexity index is 665. The number of nitrogens with one attached hydrogen (secondary N) is 1. The molecule has 5 heteroatoms. The maximum atomic E-state index is 12.5. The maximum absolute atomic E-state index is 12.5. The lowest BCUT2D eigenvalue weighted by Crippen LogP contribution is -2.48. The Kier molecular flexibility index (Phi) is 4.13. The number of carbonyl (C=O) groups is 1. The third-order valence-electron chi connectivity index (χ3n) is 4.18. The lowest BCUT2D eigenvalue weighted by molar-refractivity contribution is 0.159. The topological polar surface area (TPSA) is 58.4 Å². The molecule has 3 rings (SSSR count). The van der Waals surface area contributed by atoms with Crippen LogP contribution in [0.25, 0.3) is 0 Å². The Morgan fingerprint density at radius 3 is 2.86 bits per heavy atom. The minimum atomic E-state index is -0.0459. The van der Waals surface area contributed by atoms with Crippen LogP contribution in [0.1, 0.15) is 35.9 Å². The first-order valence-corrected chi connectivity index (χ1v) is 7.70. The molecule has 1 aliphatic rings. The van der Waals surface area contributed by atoms with Crippen LogP contribution in [0, 0.1) is 6.92 Å². The second-order valence-corrected chi connectivity index (χ2v) is 5.76. The minimum absolute atomic E-state index is 0.0459. The fourth-order valence-electron chi connectivity index (χ4n) is 2.95. The molecule has 2 aromatic rings. The minimum Gasteiger partial charge on any atom is -0.359 e. The van der Waals surface area contributed by atoms with Crippen LogP contribution in [0.4, 0.5) is 4.79 Å². The standard InChI is InChI=1S/C17H21N3O2/c1-3-15-9-13-6-4-5-7-14(13)11-20(15)17(21)18-10-16-8-12(2)19-22-16/h4-8,15H,3,9-11H2,1-2H3,(H,18,21). The van der Waals surface area contributed by atoms with Crippen LogP contribution in [0.5, 0.6) is 0 Å². The zero-order valence-electron chi connectivity index (χ0n) is 13.0. The van der Waals surface area contributed by atoms with E-state index in [0.29, 0.717) is 18.8 Å². The van der Waals surface area contributed by atoms with Gasteiger partial charge in [-0.15, -0.1) is 0 Å². The molecule has 2 heterocycles. The van der Waals surface area contributed by atoms with Crippen molar-refractivity contribution < 1.29 is 9.32 Å². The fraction of sp³-hybridized carbons (Fsp3) is 0.412. The molecule has 0 aliphatic carbocycles. The summed E-state index contributed by atoms with van der Waals surface area (Å²) in [6.07, 6.45) is 1.87. The van der Waals surface area contributed by atoms with Gasteiger partial charge in [0, 0.05) is 18.7 Å². The van der Waals surface area contributed by atoms with Gasteiger partial charge >= 0.3 is 6.03 Å². The van der Waals surface area contributed by atoms with Crippen molar-refractivity contribution in [2.75, 3.05) is 0 Å². The van der Waals surface area contributed by atoms with Crippen molar-refractivity contribution in [2.45, 2.75) is 45.8 Å². The molecule has 0 radical (unpaired) electrons. The van der Waals surface area contributed by atoms with Gasteiger partial charge < -0.3 is 14.7 Å². The normalized spacial score (nSPS) is 17.2. The van der Waals surface area contributed by atoms with Crippen molar-refractivity contribution in [3.05, 3.63) is 52.9 Å². The maximum Gasteiger partial charge on any atom is 0.318 e. The molecule has 1 aromatic carbocycles. The SMILES string of the molecule is CCC1Cc2ccccc2CN1C(=O)NCc1cc(C)no1. The van der Waals surface area contributed by atoms with E-state index in [9.17, 15) is 4.79 Å². The van der Waals surface area contributed by atoms with Crippen molar-refractivity contribution in [1.82, 2.24) is 15.4 Å². The van der Waals surface area contributed by atoms with Crippen molar-refractivity contribution in [3.8, 4) is 0 Å². The van der Waals surface area contributed by atoms with Crippen LogP contribution < -0.4 is 5.32 Å². The largest absolute Gasteiger partial charge is 0.359 e. The molecule has 0 bridgehead atoms. The lowest BCUT2D eigenvalue weighted by Gasteiger charge is -2.36. The molecule has 116 valence electrons. The molecule has 22 heavy (non-hydrogen) atoms. The molecule has 0 spiro atoms. The second-order valence-electron chi connectivity index (χ2n) is 5.76. The Morgan fingerprint density at radius 2 is 2.18 bits per heavy atom. The molecule has 0 fully saturated rings. The van der Waals surface area contributed by atoms with E-state index in [4.69, 9.17) is 4.52 Å². The number of nitrogens with zero attached hydrogens (tertiary/aromatic N) is 2. The molecule has 0 saturated carbocycles. The van der Waals surface area contributed by atoms with Gasteiger partial charge in [0.25, 0.3) is 0 Å². The number of aryl methyl sites for hydroxylation is 1. The van der Waals surface area contributed by atoms with Crippen molar-refractivity contribution in [1.29, 1.82) is 0 Å². The van der Waals surface area contributed by atoms with Gasteiger partial charge in [-0.3, -0.25) is 0 Å². The molecule has 1 unspecified atom stereocenters. The van der Waals surface area contributed by atoms with E-state index >= 15 is 0 Å². The van der Waals surface area contributed by atoms with Gasteiger partial charge in [-0.1, -0.05) is 36.3 Å². The van der Waals surface area contributed by atoms with Crippen LogP contribution in [-0.4, -0.2) is 22.1 Å². The first-order chi connectivity index (χ1) is 10.7. The Hall–Kier alpha value is -2.30. The molecule has 5 nitrogen and oxygen atoms in total. The summed E-state index contributed by atoms with van der Waals surface area (Å²) in [5.74, 6) is 0.677. The van der Waals surface area contributed by atoms with E-state index in [1.807, 2.05) is 24.0 Å².